The topological polar surface area (TPSA) is 37.3 Å². The quantitative estimate of drug-likeness (QED) is 0.777. The minimum absolute atomic E-state index is 0.0786. The van der Waals surface area contributed by atoms with Crippen molar-refractivity contribution in [2.24, 2.45) is 0 Å². The lowest BCUT2D eigenvalue weighted by molar-refractivity contribution is 0.101. The van der Waals surface area contributed by atoms with Crippen LogP contribution in [0.5, 0.6) is 5.75 Å². The highest BCUT2D eigenvalue weighted by Crippen LogP contribution is 2.30. The molecule has 0 unspecified atom stereocenters. The highest BCUT2D eigenvalue weighted by Gasteiger charge is 2.08. The summed E-state index contributed by atoms with van der Waals surface area (Å²) in [5.74, 6) is -0.195. The van der Waals surface area contributed by atoms with Gasteiger partial charge in [0.15, 0.2) is 5.78 Å². The van der Waals surface area contributed by atoms with Crippen LogP contribution in [0.15, 0.2) is 16.6 Å². The van der Waals surface area contributed by atoms with Gasteiger partial charge in [0.1, 0.15) is 5.75 Å². The van der Waals surface area contributed by atoms with Crippen LogP contribution >= 0.6 is 27.5 Å². The van der Waals surface area contributed by atoms with Crippen LogP contribution in [0.4, 0.5) is 0 Å². The van der Waals surface area contributed by atoms with E-state index in [1.807, 2.05) is 0 Å². The molecule has 1 N–H and O–H groups in total. The number of carbonyl (C=O) groups excluding carboxylic acids is 1. The van der Waals surface area contributed by atoms with Crippen LogP contribution in [0.2, 0.25) is 5.02 Å². The van der Waals surface area contributed by atoms with E-state index in [4.69, 9.17) is 16.7 Å². The zero-order valence-electron chi connectivity index (χ0n) is 6.27. The number of ketones is 1. The summed E-state index contributed by atoms with van der Waals surface area (Å²) in [6, 6.07) is 2.84. The van der Waals surface area contributed by atoms with Crippen molar-refractivity contribution < 1.29 is 9.90 Å². The molecular formula is C8H6BrClO2. The number of rotatable bonds is 1. The van der Waals surface area contributed by atoms with Crippen molar-refractivity contribution in [1.29, 1.82) is 0 Å². The van der Waals surface area contributed by atoms with E-state index < -0.39 is 0 Å². The lowest BCUT2D eigenvalue weighted by Gasteiger charge is -2.02. The number of hydrogen-bond donors (Lipinski definition) is 1. The maximum Gasteiger partial charge on any atom is 0.161 e. The first-order valence-corrected chi connectivity index (χ1v) is 4.38. The Kier molecular flexibility index (Phi) is 2.75. The molecule has 0 saturated carbocycles. The van der Waals surface area contributed by atoms with Crippen molar-refractivity contribution in [1.82, 2.24) is 0 Å². The van der Waals surface area contributed by atoms with Crippen LogP contribution < -0.4 is 0 Å². The van der Waals surface area contributed by atoms with Gasteiger partial charge in [-0.3, -0.25) is 4.79 Å². The van der Waals surface area contributed by atoms with Gasteiger partial charge in [-0.05, 0) is 35.0 Å². The van der Waals surface area contributed by atoms with Gasteiger partial charge in [0.2, 0.25) is 0 Å². The molecule has 0 heterocycles. The van der Waals surface area contributed by atoms with Gasteiger partial charge in [-0.15, -0.1) is 0 Å². The molecule has 0 atom stereocenters. The zero-order chi connectivity index (χ0) is 9.30. The molecule has 0 amide bonds. The molecule has 0 saturated heterocycles. The molecule has 4 heteroatoms. The number of phenols is 1. The maximum absolute atomic E-state index is 10.9. The summed E-state index contributed by atoms with van der Waals surface area (Å²) in [5.41, 5.74) is 0.428. The molecule has 64 valence electrons. The Morgan fingerprint density at radius 2 is 2.17 bits per heavy atom. The van der Waals surface area contributed by atoms with E-state index in [0.717, 1.165) is 0 Å². The second-order valence-corrected chi connectivity index (χ2v) is 3.60. The molecule has 1 aromatic carbocycles. The Bertz CT molecular complexity index is 336. The van der Waals surface area contributed by atoms with E-state index in [1.165, 1.54) is 19.1 Å². The molecule has 12 heavy (non-hydrogen) atoms. The highest BCUT2D eigenvalue weighted by molar-refractivity contribution is 9.10. The molecule has 0 fully saturated rings. The van der Waals surface area contributed by atoms with Gasteiger partial charge in [-0.25, -0.2) is 0 Å². The third-order valence-electron chi connectivity index (χ3n) is 1.42. The van der Waals surface area contributed by atoms with Gasteiger partial charge in [0, 0.05) is 10.0 Å². The Hall–Kier alpha value is -0.540. The largest absolute Gasteiger partial charge is 0.506 e. The molecule has 2 nitrogen and oxygen atoms in total. The van der Waals surface area contributed by atoms with Crippen molar-refractivity contribution in [3.8, 4) is 5.75 Å². The van der Waals surface area contributed by atoms with Crippen LogP contribution in [0.1, 0.15) is 17.3 Å². The van der Waals surface area contributed by atoms with Gasteiger partial charge in [-0.2, -0.15) is 0 Å². The first kappa shape index (κ1) is 9.55. The van der Waals surface area contributed by atoms with Gasteiger partial charge in [0.05, 0.1) is 5.02 Å². The fourth-order valence-corrected chi connectivity index (χ4v) is 1.73. The molecule has 0 aliphatic carbocycles. The fraction of sp³-hybridized carbons (Fsp3) is 0.125. The molecule has 0 radical (unpaired) electrons. The molecular weight excluding hydrogens is 243 g/mol. The molecule has 0 aliphatic heterocycles. The third kappa shape index (κ3) is 1.79. The second-order valence-electron chi connectivity index (χ2n) is 2.34. The minimum Gasteiger partial charge on any atom is -0.506 e. The molecule has 1 aromatic rings. The van der Waals surface area contributed by atoms with Crippen LogP contribution in [0, 0.1) is 0 Å². The van der Waals surface area contributed by atoms with Gasteiger partial charge in [0.25, 0.3) is 0 Å². The summed E-state index contributed by atoms with van der Waals surface area (Å²) in [6.45, 7) is 1.42. The summed E-state index contributed by atoms with van der Waals surface area (Å²) in [7, 11) is 0. The number of aromatic hydroxyl groups is 1. The van der Waals surface area contributed by atoms with Crippen LogP contribution in [-0.2, 0) is 0 Å². The van der Waals surface area contributed by atoms with Crippen LogP contribution in [-0.4, -0.2) is 10.9 Å². The molecule has 0 bridgehead atoms. The predicted octanol–water partition coefficient (Wildman–Crippen LogP) is 3.01. The average molecular weight is 249 g/mol. The van der Waals surface area contributed by atoms with Crippen molar-refractivity contribution in [3.63, 3.8) is 0 Å². The summed E-state index contributed by atoms with van der Waals surface area (Å²) in [5, 5.41) is 9.40. The Morgan fingerprint density at radius 3 is 2.67 bits per heavy atom. The molecule has 0 spiro atoms. The van der Waals surface area contributed by atoms with E-state index in [0.29, 0.717) is 10.0 Å². The molecule has 0 aromatic heterocycles. The van der Waals surface area contributed by atoms with Gasteiger partial charge >= 0.3 is 0 Å². The number of benzene rings is 1. The Labute approximate surface area is 83.3 Å². The second kappa shape index (κ2) is 3.46. The monoisotopic (exact) mass is 248 g/mol. The fourth-order valence-electron chi connectivity index (χ4n) is 0.807. The third-order valence-corrected chi connectivity index (χ3v) is 2.37. The van der Waals surface area contributed by atoms with Gasteiger partial charge in [-0.1, -0.05) is 11.6 Å². The van der Waals surface area contributed by atoms with Crippen molar-refractivity contribution >= 4 is 33.3 Å². The molecule has 1 rings (SSSR count). The van der Waals surface area contributed by atoms with E-state index >= 15 is 0 Å². The Morgan fingerprint density at radius 1 is 1.58 bits per heavy atom. The van der Waals surface area contributed by atoms with Crippen molar-refractivity contribution in [2.45, 2.75) is 6.92 Å². The maximum atomic E-state index is 10.9. The highest BCUT2D eigenvalue weighted by atomic mass is 79.9. The Balaban J connectivity index is 3.33. The smallest absolute Gasteiger partial charge is 0.161 e. The predicted molar refractivity (Wildman–Crippen MR) is 50.8 cm³/mol. The normalized spacial score (nSPS) is 9.92. The van der Waals surface area contributed by atoms with Crippen molar-refractivity contribution in [2.75, 3.05) is 0 Å². The first-order valence-electron chi connectivity index (χ1n) is 3.21. The van der Waals surface area contributed by atoms with Gasteiger partial charge < -0.3 is 5.11 Å². The summed E-state index contributed by atoms with van der Waals surface area (Å²) < 4.78 is 0.595. The molecule has 0 aliphatic rings. The van der Waals surface area contributed by atoms with E-state index in [2.05, 4.69) is 15.9 Å². The number of hydrogen-bond acceptors (Lipinski definition) is 2. The first-order chi connectivity index (χ1) is 5.52. The van der Waals surface area contributed by atoms with E-state index in [1.54, 1.807) is 0 Å². The van der Waals surface area contributed by atoms with Crippen LogP contribution in [0.25, 0.3) is 0 Å². The summed E-state index contributed by atoms with van der Waals surface area (Å²) >= 11 is 8.76. The number of carbonyl (C=O) groups is 1. The van der Waals surface area contributed by atoms with Crippen molar-refractivity contribution in [3.05, 3.63) is 27.2 Å². The summed E-state index contributed by atoms with van der Waals surface area (Å²) in [4.78, 5) is 10.9. The average Bonchev–Trinajstić information content (AvgIpc) is 1.96. The minimum atomic E-state index is -0.117. The zero-order valence-corrected chi connectivity index (χ0v) is 8.61. The lowest BCUT2D eigenvalue weighted by Crippen LogP contribution is -1.93. The number of Topliss-reactive ketones (excluding diaryl/α,β-unsaturated/α-hetero) is 1. The SMILES string of the molecule is CC(=O)c1cc(O)c(Cl)cc1Br. The lowest BCUT2D eigenvalue weighted by atomic mass is 10.1. The number of halogens is 2. The summed E-state index contributed by atoms with van der Waals surface area (Å²) in [6.07, 6.45) is 0. The van der Waals surface area contributed by atoms with Crippen LogP contribution in [0.3, 0.4) is 0 Å². The number of phenolic OH excluding ortho intramolecular Hbond substituents is 1. The van der Waals surface area contributed by atoms with E-state index in [-0.39, 0.29) is 16.6 Å². The van der Waals surface area contributed by atoms with E-state index in [9.17, 15) is 4.79 Å². The standard InChI is InChI=1S/C8H6BrClO2/c1-4(11)5-2-8(12)7(10)3-6(5)9/h2-3,12H,1H3.